The lowest BCUT2D eigenvalue weighted by molar-refractivity contribution is -0.121. The maximum absolute atomic E-state index is 11.6. The molecule has 3 N–H and O–H groups in total. The van der Waals surface area contributed by atoms with E-state index in [0.717, 1.165) is 23.0 Å². The van der Waals surface area contributed by atoms with Crippen molar-refractivity contribution in [3.8, 4) is 11.4 Å². The molecule has 2 rings (SSSR count). The van der Waals surface area contributed by atoms with E-state index in [-0.39, 0.29) is 18.3 Å². The van der Waals surface area contributed by atoms with Crippen molar-refractivity contribution in [1.29, 1.82) is 0 Å². The Kier molecular flexibility index (Phi) is 8.08. The molecule has 0 saturated heterocycles. The average molecular weight is 389 g/mol. The molecule has 0 aliphatic heterocycles. The summed E-state index contributed by atoms with van der Waals surface area (Å²) >= 11 is 3.39. The summed E-state index contributed by atoms with van der Waals surface area (Å²) in [6.45, 7) is 1.20. The number of carbonyl (C=O) groups excluding carboxylic acids is 1. The molecule has 0 aliphatic carbocycles. The number of aromatic nitrogens is 3. The van der Waals surface area contributed by atoms with Crippen LogP contribution < -0.4 is 10.6 Å². The Morgan fingerprint density at radius 1 is 1.32 bits per heavy atom. The fraction of sp³-hybridized carbons (Fsp3) is 0.357. The fourth-order valence-electron chi connectivity index (χ4n) is 1.80. The van der Waals surface area contributed by atoms with E-state index in [9.17, 15) is 4.79 Å². The van der Waals surface area contributed by atoms with Gasteiger partial charge in [-0.2, -0.15) is 5.10 Å². The summed E-state index contributed by atoms with van der Waals surface area (Å²) in [6.07, 6.45) is 1.33. The molecule has 1 aromatic carbocycles. The molecule has 1 amide bonds. The van der Waals surface area contributed by atoms with E-state index in [0.29, 0.717) is 24.6 Å². The highest BCUT2D eigenvalue weighted by atomic mass is 79.9. The summed E-state index contributed by atoms with van der Waals surface area (Å²) in [5, 5.41) is 12.8. The van der Waals surface area contributed by atoms with Crippen LogP contribution in [0.3, 0.4) is 0 Å². The molecule has 0 radical (unpaired) electrons. The molecule has 1 heterocycles. The molecule has 0 aliphatic rings. The van der Waals surface area contributed by atoms with E-state index in [1.165, 1.54) is 0 Å². The lowest BCUT2D eigenvalue weighted by Gasteiger charge is -2.02. The Morgan fingerprint density at radius 2 is 2.05 bits per heavy atom. The van der Waals surface area contributed by atoms with Crippen LogP contribution in [0.5, 0.6) is 0 Å². The Balaban J connectivity index is 0.00000242. The highest BCUT2D eigenvalue weighted by Gasteiger charge is 2.07. The minimum Gasteiger partial charge on any atom is -0.349 e. The summed E-state index contributed by atoms with van der Waals surface area (Å²) in [5.41, 5.74) is 0.932. The average Bonchev–Trinajstić information content (AvgIpc) is 2.95. The van der Waals surface area contributed by atoms with Gasteiger partial charge in [0, 0.05) is 16.5 Å². The minimum atomic E-state index is 0. The second-order valence-electron chi connectivity index (χ2n) is 4.60. The molecule has 0 spiro atoms. The Labute approximate surface area is 144 Å². The van der Waals surface area contributed by atoms with Gasteiger partial charge in [0.15, 0.2) is 5.82 Å². The molecule has 0 unspecified atom stereocenters. The first-order chi connectivity index (χ1) is 10.2. The minimum absolute atomic E-state index is 0. The zero-order chi connectivity index (χ0) is 15.1. The molecular formula is C14H19BrClN5O. The van der Waals surface area contributed by atoms with Crippen molar-refractivity contribution < 1.29 is 4.79 Å². The summed E-state index contributed by atoms with van der Waals surface area (Å²) in [4.78, 5) is 16.0. The zero-order valence-corrected chi connectivity index (χ0v) is 14.6. The molecule has 22 heavy (non-hydrogen) atoms. The summed E-state index contributed by atoms with van der Waals surface area (Å²) in [7, 11) is 1.87. The van der Waals surface area contributed by atoms with E-state index in [1.807, 2.05) is 31.3 Å². The molecule has 0 saturated carbocycles. The van der Waals surface area contributed by atoms with Gasteiger partial charge in [0.05, 0.1) is 6.54 Å². The first-order valence-electron chi connectivity index (χ1n) is 6.77. The molecule has 120 valence electrons. The van der Waals surface area contributed by atoms with Crippen LogP contribution in [0.4, 0.5) is 0 Å². The van der Waals surface area contributed by atoms with Gasteiger partial charge < -0.3 is 10.6 Å². The molecule has 0 bridgehead atoms. The normalized spacial score (nSPS) is 10.1. The van der Waals surface area contributed by atoms with Gasteiger partial charge in [-0.1, -0.05) is 28.1 Å². The van der Waals surface area contributed by atoms with Crippen molar-refractivity contribution in [3.63, 3.8) is 0 Å². The van der Waals surface area contributed by atoms with Gasteiger partial charge in [-0.05, 0) is 32.1 Å². The quantitative estimate of drug-likeness (QED) is 0.636. The molecule has 2 aromatic rings. The van der Waals surface area contributed by atoms with Crippen LogP contribution in [0.2, 0.25) is 0 Å². The third-order valence-corrected chi connectivity index (χ3v) is 3.45. The van der Waals surface area contributed by atoms with Crippen molar-refractivity contribution in [3.05, 3.63) is 34.6 Å². The Bertz CT molecular complexity index is 587. The van der Waals surface area contributed by atoms with Crippen LogP contribution in [0.25, 0.3) is 11.4 Å². The molecule has 0 fully saturated rings. The number of nitrogens with one attached hydrogen (secondary N) is 3. The molecule has 1 aromatic heterocycles. The lowest BCUT2D eigenvalue weighted by atomic mass is 10.2. The van der Waals surface area contributed by atoms with Gasteiger partial charge in [-0.15, -0.1) is 12.4 Å². The molecule has 0 atom stereocenters. The van der Waals surface area contributed by atoms with Crippen molar-refractivity contribution >= 4 is 34.2 Å². The van der Waals surface area contributed by atoms with Crippen LogP contribution in [0, 0.1) is 0 Å². The van der Waals surface area contributed by atoms with E-state index in [1.54, 1.807) is 0 Å². The largest absolute Gasteiger partial charge is 0.349 e. The van der Waals surface area contributed by atoms with Crippen molar-refractivity contribution in [2.75, 3.05) is 13.6 Å². The second-order valence-corrected chi connectivity index (χ2v) is 5.51. The fourth-order valence-corrected chi connectivity index (χ4v) is 2.06. The van der Waals surface area contributed by atoms with E-state index in [4.69, 9.17) is 0 Å². The molecule has 6 nitrogen and oxygen atoms in total. The highest BCUT2D eigenvalue weighted by molar-refractivity contribution is 9.10. The predicted molar refractivity (Wildman–Crippen MR) is 91.8 cm³/mol. The van der Waals surface area contributed by atoms with Gasteiger partial charge in [-0.3, -0.25) is 9.89 Å². The zero-order valence-electron chi connectivity index (χ0n) is 12.2. The van der Waals surface area contributed by atoms with E-state index < -0.39 is 0 Å². The summed E-state index contributed by atoms with van der Waals surface area (Å²) in [6, 6.07) is 7.75. The smallest absolute Gasteiger partial charge is 0.220 e. The third kappa shape index (κ3) is 5.75. The van der Waals surface area contributed by atoms with Gasteiger partial charge in [0.1, 0.15) is 5.82 Å². The van der Waals surface area contributed by atoms with Gasteiger partial charge in [0.25, 0.3) is 0 Å². The number of H-pyrrole nitrogens is 1. The van der Waals surface area contributed by atoms with Crippen LogP contribution in [-0.4, -0.2) is 34.7 Å². The molecule has 8 heteroatoms. The van der Waals surface area contributed by atoms with Crippen LogP contribution in [0.1, 0.15) is 18.7 Å². The number of nitrogens with zero attached hydrogens (tertiary/aromatic N) is 2. The van der Waals surface area contributed by atoms with Crippen molar-refractivity contribution in [2.24, 2.45) is 0 Å². The Morgan fingerprint density at radius 3 is 2.73 bits per heavy atom. The van der Waals surface area contributed by atoms with E-state index in [2.05, 4.69) is 41.7 Å². The number of halogens is 2. The molecular weight excluding hydrogens is 370 g/mol. The number of hydrogen-bond acceptors (Lipinski definition) is 4. The number of aromatic amines is 1. The lowest BCUT2D eigenvalue weighted by Crippen LogP contribution is -2.24. The summed E-state index contributed by atoms with van der Waals surface area (Å²) < 4.78 is 1.01. The second kappa shape index (κ2) is 9.55. The van der Waals surface area contributed by atoms with Crippen molar-refractivity contribution in [1.82, 2.24) is 25.8 Å². The third-order valence-electron chi connectivity index (χ3n) is 2.92. The maximum Gasteiger partial charge on any atom is 0.220 e. The topological polar surface area (TPSA) is 82.7 Å². The number of amides is 1. The van der Waals surface area contributed by atoms with Gasteiger partial charge in [0.2, 0.25) is 5.91 Å². The van der Waals surface area contributed by atoms with E-state index >= 15 is 0 Å². The Hall–Kier alpha value is -1.44. The number of benzene rings is 1. The SMILES string of the molecule is CNCCCC(=O)NCc1nc(-c2ccc(Br)cc2)n[nH]1.Cl. The number of carbonyl (C=O) groups is 1. The van der Waals surface area contributed by atoms with Crippen LogP contribution in [0.15, 0.2) is 28.7 Å². The standard InChI is InChI=1S/C14H18BrN5O.ClH/c1-16-8-2-3-13(21)17-9-12-18-14(20-19-12)10-4-6-11(15)7-5-10;/h4-7,16H,2-3,8-9H2,1H3,(H,17,21)(H,18,19,20);1H. The number of hydrogen-bond donors (Lipinski definition) is 3. The first kappa shape index (κ1) is 18.6. The van der Waals surface area contributed by atoms with Gasteiger partial charge >= 0.3 is 0 Å². The number of rotatable bonds is 7. The maximum atomic E-state index is 11.6. The van der Waals surface area contributed by atoms with Crippen LogP contribution in [-0.2, 0) is 11.3 Å². The van der Waals surface area contributed by atoms with Gasteiger partial charge in [-0.25, -0.2) is 4.98 Å². The highest BCUT2D eigenvalue weighted by Crippen LogP contribution is 2.18. The summed E-state index contributed by atoms with van der Waals surface area (Å²) in [5.74, 6) is 1.30. The van der Waals surface area contributed by atoms with Crippen molar-refractivity contribution in [2.45, 2.75) is 19.4 Å². The monoisotopic (exact) mass is 387 g/mol. The van der Waals surface area contributed by atoms with Crippen LogP contribution >= 0.6 is 28.3 Å². The first-order valence-corrected chi connectivity index (χ1v) is 7.57. The predicted octanol–water partition coefficient (Wildman–Crippen LogP) is 2.27.